The Hall–Kier alpha value is -2.78. The van der Waals surface area contributed by atoms with E-state index < -0.39 is 39.2 Å². The molecule has 1 fully saturated rings. The number of halogens is 1. The fourth-order valence-corrected chi connectivity index (χ4v) is 6.31. The van der Waals surface area contributed by atoms with E-state index in [-0.39, 0.29) is 10.6 Å². The second kappa shape index (κ2) is 10.9. The van der Waals surface area contributed by atoms with E-state index in [1.807, 2.05) is 0 Å². The summed E-state index contributed by atoms with van der Waals surface area (Å²) in [6, 6.07) is 10.6. The molecule has 0 spiro atoms. The second-order valence-electron chi connectivity index (χ2n) is 8.91. The summed E-state index contributed by atoms with van der Waals surface area (Å²) in [5.74, 6) is -1.57. The second-order valence-corrected chi connectivity index (χ2v) is 10.8. The van der Waals surface area contributed by atoms with Gasteiger partial charge in [-0.1, -0.05) is 44.9 Å². The normalized spacial score (nSPS) is 16.2. The molecule has 1 aliphatic rings. The summed E-state index contributed by atoms with van der Waals surface area (Å²) in [5, 5.41) is 2.65. The number of benzene rings is 2. The van der Waals surface area contributed by atoms with E-state index in [9.17, 15) is 22.4 Å². The van der Waals surface area contributed by atoms with E-state index in [4.69, 9.17) is 4.74 Å². The highest BCUT2D eigenvalue weighted by molar-refractivity contribution is 7.89. The van der Waals surface area contributed by atoms with Crippen LogP contribution in [0.15, 0.2) is 47.4 Å². The molecule has 2 aromatic rings. The number of anilines is 1. The largest absolute Gasteiger partial charge is 0.452 e. The number of hydrogen-bond acceptors (Lipinski definition) is 5. The fourth-order valence-electron chi connectivity index (χ4n) is 4.60. The first-order chi connectivity index (χ1) is 16.5. The Morgan fingerprint density at radius 2 is 1.77 bits per heavy atom. The molecule has 1 N–H and O–H groups in total. The van der Waals surface area contributed by atoms with Crippen molar-refractivity contribution in [2.75, 3.05) is 18.4 Å². The van der Waals surface area contributed by atoms with Gasteiger partial charge in [-0.25, -0.2) is 12.8 Å². The van der Waals surface area contributed by atoms with Crippen LogP contribution in [0.5, 0.6) is 0 Å². The van der Waals surface area contributed by atoms with E-state index in [2.05, 4.69) is 5.32 Å². The van der Waals surface area contributed by atoms with Crippen LogP contribution in [-0.2, 0) is 29.8 Å². The van der Waals surface area contributed by atoms with Crippen LogP contribution >= 0.6 is 0 Å². The quantitative estimate of drug-likeness (QED) is 0.506. The standard InChI is InChI=1S/C26H33FN2O5S/c1-5-29(6-2)35(32,33)23-17-22(13-12-18(23)3)28-24(30)19(4)34-25(31)26(14-7-8-15-26)20-10-9-11-21(27)16-20/h9-13,16-17,19H,5-8,14-15H2,1-4H3,(H,28,30). The lowest BCUT2D eigenvalue weighted by atomic mass is 9.79. The molecule has 1 unspecified atom stereocenters. The predicted molar refractivity (Wildman–Crippen MR) is 132 cm³/mol. The van der Waals surface area contributed by atoms with E-state index in [1.165, 1.54) is 29.4 Å². The fraction of sp³-hybridized carbons (Fsp3) is 0.462. The minimum Gasteiger partial charge on any atom is -0.452 e. The molecule has 190 valence electrons. The first-order valence-electron chi connectivity index (χ1n) is 11.9. The maximum absolute atomic E-state index is 13.9. The van der Waals surface area contributed by atoms with Gasteiger partial charge in [0.05, 0.1) is 10.3 Å². The first-order valence-corrected chi connectivity index (χ1v) is 13.4. The smallest absolute Gasteiger partial charge is 0.317 e. The van der Waals surface area contributed by atoms with Gasteiger partial charge in [-0.15, -0.1) is 0 Å². The number of hydrogen-bond donors (Lipinski definition) is 1. The molecule has 1 atom stereocenters. The highest BCUT2D eigenvalue weighted by Gasteiger charge is 2.45. The molecule has 0 saturated heterocycles. The molecule has 0 aromatic heterocycles. The van der Waals surface area contributed by atoms with Crippen molar-refractivity contribution in [1.29, 1.82) is 0 Å². The average Bonchev–Trinajstić information content (AvgIpc) is 3.32. The summed E-state index contributed by atoms with van der Waals surface area (Å²) in [7, 11) is -3.72. The van der Waals surface area contributed by atoms with Crippen LogP contribution in [-0.4, -0.2) is 43.8 Å². The van der Waals surface area contributed by atoms with Crippen LogP contribution in [0.2, 0.25) is 0 Å². The highest BCUT2D eigenvalue weighted by Crippen LogP contribution is 2.42. The van der Waals surface area contributed by atoms with Gasteiger partial charge in [0, 0.05) is 18.8 Å². The van der Waals surface area contributed by atoms with Crippen molar-refractivity contribution in [1.82, 2.24) is 4.31 Å². The molecular weight excluding hydrogens is 471 g/mol. The Balaban J connectivity index is 1.77. The zero-order chi connectivity index (χ0) is 25.8. The van der Waals surface area contributed by atoms with Gasteiger partial charge in [0.1, 0.15) is 5.82 Å². The third-order valence-electron chi connectivity index (χ3n) is 6.66. The summed E-state index contributed by atoms with van der Waals surface area (Å²) < 4.78 is 46.8. The predicted octanol–water partition coefficient (Wildman–Crippen LogP) is 4.55. The summed E-state index contributed by atoms with van der Waals surface area (Å²) in [6.45, 7) is 7.34. The van der Waals surface area contributed by atoms with Gasteiger partial charge in [-0.05, 0) is 62.1 Å². The molecule has 1 aliphatic carbocycles. The van der Waals surface area contributed by atoms with Crippen LogP contribution < -0.4 is 5.32 Å². The number of carbonyl (C=O) groups is 2. The molecule has 0 radical (unpaired) electrons. The van der Waals surface area contributed by atoms with Crippen LogP contribution in [0.3, 0.4) is 0 Å². The van der Waals surface area contributed by atoms with Crippen LogP contribution in [0.4, 0.5) is 10.1 Å². The third-order valence-corrected chi connectivity index (χ3v) is 8.85. The van der Waals surface area contributed by atoms with Crippen LogP contribution in [0, 0.1) is 12.7 Å². The lowest BCUT2D eigenvalue weighted by Gasteiger charge is -2.28. The Morgan fingerprint density at radius 1 is 1.11 bits per heavy atom. The van der Waals surface area contributed by atoms with Crippen molar-refractivity contribution in [3.8, 4) is 0 Å². The molecule has 2 aromatic carbocycles. The number of esters is 1. The maximum atomic E-state index is 13.9. The van der Waals surface area contributed by atoms with Gasteiger partial charge in [0.2, 0.25) is 10.0 Å². The monoisotopic (exact) mass is 504 g/mol. The van der Waals surface area contributed by atoms with Gasteiger partial charge in [0.15, 0.2) is 6.10 Å². The summed E-state index contributed by atoms with van der Waals surface area (Å²) in [5.41, 5.74) is 0.422. The molecule has 35 heavy (non-hydrogen) atoms. The number of nitrogens with one attached hydrogen (secondary N) is 1. The van der Waals surface area contributed by atoms with E-state index >= 15 is 0 Å². The van der Waals surface area contributed by atoms with Crippen molar-refractivity contribution >= 4 is 27.6 Å². The van der Waals surface area contributed by atoms with Crippen LogP contribution in [0.25, 0.3) is 0 Å². The molecule has 1 saturated carbocycles. The number of carbonyl (C=O) groups excluding carboxylic acids is 2. The SMILES string of the molecule is CCN(CC)S(=O)(=O)c1cc(NC(=O)C(C)OC(=O)C2(c3cccc(F)c3)CCCC2)ccc1C. The lowest BCUT2D eigenvalue weighted by Crippen LogP contribution is -2.40. The summed E-state index contributed by atoms with van der Waals surface area (Å²) in [6.07, 6.45) is 1.53. The van der Waals surface area contributed by atoms with Crippen molar-refractivity contribution in [3.63, 3.8) is 0 Å². The molecule has 0 heterocycles. The number of aryl methyl sites for hydroxylation is 1. The Bertz CT molecular complexity index is 1190. The molecule has 7 nitrogen and oxygen atoms in total. The zero-order valence-electron chi connectivity index (χ0n) is 20.6. The van der Waals surface area contributed by atoms with Gasteiger partial charge < -0.3 is 10.1 Å². The summed E-state index contributed by atoms with van der Waals surface area (Å²) in [4.78, 5) is 26.2. The molecule has 1 amide bonds. The summed E-state index contributed by atoms with van der Waals surface area (Å²) >= 11 is 0. The van der Waals surface area contributed by atoms with Crippen molar-refractivity contribution < 1.29 is 27.1 Å². The van der Waals surface area contributed by atoms with Gasteiger partial charge in [0.25, 0.3) is 5.91 Å². The van der Waals surface area contributed by atoms with Gasteiger partial charge in [-0.2, -0.15) is 4.31 Å². The molecule has 0 bridgehead atoms. The number of nitrogens with zero attached hydrogens (tertiary/aromatic N) is 1. The van der Waals surface area contributed by atoms with Crippen LogP contribution in [0.1, 0.15) is 57.6 Å². The number of sulfonamides is 1. The third kappa shape index (κ3) is 5.56. The van der Waals surface area contributed by atoms with E-state index in [0.29, 0.717) is 37.1 Å². The molecule has 9 heteroatoms. The van der Waals surface area contributed by atoms with Gasteiger partial charge >= 0.3 is 5.97 Å². The first kappa shape index (κ1) is 26.8. The average molecular weight is 505 g/mol. The number of rotatable bonds is 9. The number of amides is 1. The van der Waals surface area contributed by atoms with E-state index in [1.54, 1.807) is 45.0 Å². The topological polar surface area (TPSA) is 92.8 Å². The van der Waals surface area contributed by atoms with Gasteiger partial charge in [-0.3, -0.25) is 9.59 Å². The maximum Gasteiger partial charge on any atom is 0.317 e. The Kier molecular flexibility index (Phi) is 8.33. The molecule has 3 rings (SSSR count). The van der Waals surface area contributed by atoms with Crippen molar-refractivity contribution in [2.45, 2.75) is 69.8 Å². The Labute approximate surface area is 206 Å². The highest BCUT2D eigenvalue weighted by atomic mass is 32.2. The minimum atomic E-state index is -3.72. The minimum absolute atomic E-state index is 0.111. The molecule has 0 aliphatic heterocycles. The zero-order valence-corrected chi connectivity index (χ0v) is 21.5. The lowest BCUT2D eigenvalue weighted by molar-refractivity contribution is -0.159. The van der Waals surface area contributed by atoms with E-state index in [0.717, 1.165) is 12.8 Å². The molecular formula is C26H33FN2O5S. The Morgan fingerprint density at radius 3 is 2.37 bits per heavy atom. The van der Waals surface area contributed by atoms with Crippen molar-refractivity contribution in [3.05, 3.63) is 59.4 Å². The van der Waals surface area contributed by atoms with Crippen molar-refractivity contribution in [2.24, 2.45) is 0 Å². The number of ether oxygens (including phenoxy) is 1.